The third-order valence-electron chi connectivity index (χ3n) is 3.56. The lowest BCUT2D eigenvalue weighted by Crippen LogP contribution is -2.37. The van der Waals surface area contributed by atoms with E-state index in [9.17, 15) is 13.2 Å². The molecular weight excluding hydrogens is 399 g/mol. The third-order valence-corrected chi connectivity index (χ3v) is 6.03. The van der Waals surface area contributed by atoms with Crippen LogP contribution in [0, 0.1) is 0 Å². The van der Waals surface area contributed by atoms with E-state index < -0.39 is 15.9 Å². The number of rotatable bonds is 7. The molecule has 0 heterocycles. The average Bonchev–Trinajstić information content (AvgIpc) is 2.61. The molecule has 0 unspecified atom stereocenters. The van der Waals surface area contributed by atoms with E-state index >= 15 is 0 Å². The molecule has 26 heavy (non-hydrogen) atoms. The van der Waals surface area contributed by atoms with Crippen LogP contribution in [0.1, 0.15) is 6.92 Å². The average molecular weight is 417 g/mol. The summed E-state index contributed by atoms with van der Waals surface area (Å²) >= 11 is 11.8. The quantitative estimate of drug-likeness (QED) is 0.746. The molecule has 0 fully saturated rings. The van der Waals surface area contributed by atoms with Crippen molar-refractivity contribution >= 4 is 44.8 Å². The van der Waals surface area contributed by atoms with E-state index in [0.29, 0.717) is 16.5 Å². The van der Waals surface area contributed by atoms with E-state index in [1.54, 1.807) is 31.2 Å². The van der Waals surface area contributed by atoms with Gasteiger partial charge in [-0.1, -0.05) is 30.1 Å². The number of hydrogen-bond donors (Lipinski definition) is 1. The fourth-order valence-electron chi connectivity index (χ4n) is 2.22. The van der Waals surface area contributed by atoms with Crippen molar-refractivity contribution in [3.63, 3.8) is 0 Å². The summed E-state index contributed by atoms with van der Waals surface area (Å²) in [6, 6.07) is 10.7. The molecule has 2 rings (SSSR count). The van der Waals surface area contributed by atoms with Gasteiger partial charge in [0.05, 0.1) is 23.6 Å². The number of amides is 1. The highest BCUT2D eigenvalue weighted by Crippen LogP contribution is 2.28. The van der Waals surface area contributed by atoms with Crippen LogP contribution in [-0.4, -0.2) is 38.8 Å². The maximum Gasteiger partial charge on any atom is 0.243 e. The van der Waals surface area contributed by atoms with E-state index in [1.807, 2.05) is 0 Å². The molecule has 0 aromatic heterocycles. The molecule has 0 bridgehead atoms. The number of hydrogen-bond acceptors (Lipinski definition) is 4. The molecule has 2 aromatic rings. The van der Waals surface area contributed by atoms with Crippen LogP contribution in [0.25, 0.3) is 0 Å². The summed E-state index contributed by atoms with van der Waals surface area (Å²) in [6.45, 7) is 1.45. The highest BCUT2D eigenvalue weighted by atomic mass is 35.5. The predicted octanol–water partition coefficient (Wildman–Crippen LogP) is 3.65. The molecule has 0 aliphatic heterocycles. The molecule has 140 valence electrons. The van der Waals surface area contributed by atoms with Crippen LogP contribution < -0.4 is 10.1 Å². The van der Waals surface area contributed by atoms with Crippen LogP contribution >= 0.6 is 23.2 Å². The summed E-state index contributed by atoms with van der Waals surface area (Å²) in [5.74, 6) is -0.0912. The first-order chi connectivity index (χ1) is 12.3. The Bertz CT molecular complexity index is 886. The number of nitrogens with one attached hydrogen (secondary N) is 1. The molecule has 0 atom stereocenters. The van der Waals surface area contributed by atoms with Crippen molar-refractivity contribution in [2.24, 2.45) is 0 Å². The van der Waals surface area contributed by atoms with Gasteiger partial charge in [0.15, 0.2) is 0 Å². The molecule has 0 spiro atoms. The Hall–Kier alpha value is -1.80. The number of anilines is 1. The van der Waals surface area contributed by atoms with Gasteiger partial charge in [-0.05, 0) is 42.5 Å². The molecule has 0 saturated heterocycles. The van der Waals surface area contributed by atoms with E-state index in [2.05, 4.69) is 5.32 Å². The normalized spacial score (nSPS) is 11.4. The molecule has 1 amide bonds. The summed E-state index contributed by atoms with van der Waals surface area (Å²) in [7, 11) is -2.44. The Morgan fingerprint density at radius 1 is 1.15 bits per heavy atom. The smallest absolute Gasteiger partial charge is 0.243 e. The van der Waals surface area contributed by atoms with Crippen molar-refractivity contribution in [2.75, 3.05) is 25.5 Å². The van der Waals surface area contributed by atoms with Gasteiger partial charge < -0.3 is 10.1 Å². The molecule has 1 N–H and O–H groups in total. The molecule has 0 radical (unpaired) electrons. The van der Waals surface area contributed by atoms with Gasteiger partial charge in [0.2, 0.25) is 15.9 Å². The summed E-state index contributed by atoms with van der Waals surface area (Å²) in [5.41, 5.74) is 0.528. The van der Waals surface area contributed by atoms with Gasteiger partial charge in [0.1, 0.15) is 5.75 Å². The highest BCUT2D eigenvalue weighted by molar-refractivity contribution is 7.89. The number of nitrogens with zero attached hydrogens (tertiary/aromatic N) is 1. The molecule has 0 aliphatic carbocycles. The number of benzene rings is 2. The van der Waals surface area contributed by atoms with E-state index in [0.717, 1.165) is 4.31 Å². The van der Waals surface area contributed by atoms with Crippen molar-refractivity contribution in [3.8, 4) is 5.75 Å². The molecule has 0 saturated carbocycles. The minimum atomic E-state index is -3.88. The molecule has 0 aliphatic rings. The summed E-state index contributed by atoms with van der Waals surface area (Å²) in [6.07, 6.45) is 0. The highest BCUT2D eigenvalue weighted by Gasteiger charge is 2.26. The molecular formula is C17H18Cl2N2O4S. The van der Waals surface area contributed by atoms with Crippen molar-refractivity contribution in [1.29, 1.82) is 0 Å². The number of carbonyl (C=O) groups is 1. The number of sulfonamides is 1. The van der Waals surface area contributed by atoms with Gasteiger partial charge in [0.25, 0.3) is 0 Å². The Balaban J connectivity index is 2.16. The fourth-order valence-corrected chi connectivity index (χ4v) is 4.10. The Labute approximate surface area is 162 Å². The van der Waals surface area contributed by atoms with Crippen LogP contribution in [0.4, 0.5) is 5.69 Å². The van der Waals surface area contributed by atoms with Gasteiger partial charge >= 0.3 is 0 Å². The van der Waals surface area contributed by atoms with E-state index in [1.165, 1.54) is 25.3 Å². The second-order valence-electron chi connectivity index (χ2n) is 5.28. The molecule has 6 nitrogen and oxygen atoms in total. The Morgan fingerprint density at radius 2 is 1.81 bits per heavy atom. The first kappa shape index (κ1) is 20.5. The standard InChI is InChI=1S/C17H18Cl2N2O4S/c1-3-21(11-17(22)20-13-6-4-12(18)5-7-13)26(23,24)14-8-9-16(25-2)15(19)10-14/h4-10H,3,11H2,1-2H3,(H,20,22). The summed E-state index contributed by atoms with van der Waals surface area (Å²) in [4.78, 5) is 12.2. The number of carbonyl (C=O) groups excluding carboxylic acids is 1. The van der Waals surface area contributed by atoms with Crippen molar-refractivity contribution in [2.45, 2.75) is 11.8 Å². The number of methoxy groups -OCH3 is 1. The minimum absolute atomic E-state index is 0.00978. The SMILES string of the molecule is CCN(CC(=O)Nc1ccc(Cl)cc1)S(=O)(=O)c1ccc(OC)c(Cl)c1. The van der Waals surface area contributed by atoms with Crippen molar-refractivity contribution < 1.29 is 17.9 Å². The maximum atomic E-state index is 12.8. The Morgan fingerprint density at radius 3 is 2.35 bits per heavy atom. The van der Waals surface area contributed by atoms with Crippen molar-refractivity contribution in [1.82, 2.24) is 4.31 Å². The van der Waals surface area contributed by atoms with Crippen LogP contribution in [0.2, 0.25) is 10.0 Å². The monoisotopic (exact) mass is 416 g/mol. The van der Waals surface area contributed by atoms with Crippen molar-refractivity contribution in [3.05, 3.63) is 52.5 Å². The molecule has 9 heteroatoms. The second kappa shape index (κ2) is 8.73. The largest absolute Gasteiger partial charge is 0.495 e. The zero-order valence-corrected chi connectivity index (χ0v) is 16.5. The van der Waals surface area contributed by atoms with Gasteiger partial charge in [0, 0.05) is 17.3 Å². The fraction of sp³-hybridized carbons (Fsp3) is 0.235. The maximum absolute atomic E-state index is 12.8. The van der Waals surface area contributed by atoms with Crippen LogP contribution in [0.5, 0.6) is 5.75 Å². The lowest BCUT2D eigenvalue weighted by molar-refractivity contribution is -0.116. The Kier molecular flexibility index (Phi) is 6.88. The third kappa shape index (κ3) is 4.88. The number of likely N-dealkylation sites (N-methyl/N-ethyl adjacent to an activating group) is 1. The minimum Gasteiger partial charge on any atom is -0.495 e. The first-order valence-corrected chi connectivity index (χ1v) is 9.86. The topological polar surface area (TPSA) is 75.7 Å². The van der Waals surface area contributed by atoms with Gasteiger partial charge in [-0.25, -0.2) is 8.42 Å². The van der Waals surface area contributed by atoms with E-state index in [-0.39, 0.29) is 23.0 Å². The predicted molar refractivity (Wildman–Crippen MR) is 103 cm³/mol. The zero-order chi connectivity index (χ0) is 19.3. The summed E-state index contributed by atoms with van der Waals surface area (Å²) < 4.78 is 31.6. The summed E-state index contributed by atoms with van der Waals surface area (Å²) in [5, 5.41) is 3.35. The zero-order valence-electron chi connectivity index (χ0n) is 14.2. The number of halogens is 2. The van der Waals surface area contributed by atoms with Crippen LogP contribution in [0.15, 0.2) is 47.4 Å². The lowest BCUT2D eigenvalue weighted by atomic mass is 10.3. The van der Waals surface area contributed by atoms with Crippen LogP contribution in [-0.2, 0) is 14.8 Å². The van der Waals surface area contributed by atoms with Gasteiger partial charge in [-0.3, -0.25) is 4.79 Å². The lowest BCUT2D eigenvalue weighted by Gasteiger charge is -2.20. The molecule has 2 aromatic carbocycles. The van der Waals surface area contributed by atoms with E-state index in [4.69, 9.17) is 27.9 Å². The van der Waals surface area contributed by atoms with Crippen LogP contribution in [0.3, 0.4) is 0 Å². The number of ether oxygens (including phenoxy) is 1. The second-order valence-corrected chi connectivity index (χ2v) is 8.06. The van der Waals surface area contributed by atoms with Gasteiger partial charge in [-0.2, -0.15) is 4.31 Å². The first-order valence-electron chi connectivity index (χ1n) is 7.67. The van der Waals surface area contributed by atoms with Gasteiger partial charge in [-0.15, -0.1) is 0 Å².